The first-order valence-electron chi connectivity index (χ1n) is 5.52. The molecular formula is C13H12BrNOS. The smallest absolute Gasteiger partial charge is 0.145 e. The van der Waals surface area contributed by atoms with Crippen molar-refractivity contribution in [1.29, 1.82) is 0 Å². The Morgan fingerprint density at radius 1 is 1.35 bits per heavy atom. The number of halogens is 1. The maximum Gasteiger partial charge on any atom is 0.145 e. The standard InChI is InChI=1S/C13H12BrNOS/c14-10-5-13(17-8-10)12-7-15-6-9-3-1-2-4-11(9)16-12/h1-5,8,12,15H,6-7H2. The number of hydrogen-bond acceptors (Lipinski definition) is 3. The highest BCUT2D eigenvalue weighted by Gasteiger charge is 2.19. The third kappa shape index (κ3) is 2.39. The zero-order valence-electron chi connectivity index (χ0n) is 9.15. The molecule has 1 N–H and O–H groups in total. The first kappa shape index (κ1) is 11.3. The number of para-hydroxylation sites is 1. The van der Waals surface area contributed by atoms with Gasteiger partial charge >= 0.3 is 0 Å². The van der Waals surface area contributed by atoms with Crippen LogP contribution in [0.15, 0.2) is 40.2 Å². The monoisotopic (exact) mass is 309 g/mol. The van der Waals surface area contributed by atoms with E-state index >= 15 is 0 Å². The fraction of sp³-hybridized carbons (Fsp3) is 0.231. The van der Waals surface area contributed by atoms with Crippen LogP contribution in [0.4, 0.5) is 0 Å². The second-order valence-electron chi connectivity index (χ2n) is 4.01. The van der Waals surface area contributed by atoms with Gasteiger partial charge < -0.3 is 10.1 Å². The average Bonchev–Trinajstić information content (AvgIpc) is 2.65. The Labute approximate surface area is 113 Å². The van der Waals surface area contributed by atoms with E-state index in [1.807, 2.05) is 18.2 Å². The Bertz CT molecular complexity index is 526. The number of rotatable bonds is 1. The molecule has 2 heterocycles. The van der Waals surface area contributed by atoms with Crippen LogP contribution < -0.4 is 10.1 Å². The molecule has 1 aliphatic rings. The van der Waals surface area contributed by atoms with Crippen LogP contribution >= 0.6 is 27.3 Å². The number of thiophene rings is 1. The molecule has 0 radical (unpaired) electrons. The van der Waals surface area contributed by atoms with Gasteiger partial charge in [-0.15, -0.1) is 11.3 Å². The van der Waals surface area contributed by atoms with E-state index in [-0.39, 0.29) is 6.10 Å². The predicted octanol–water partition coefficient (Wildman–Crippen LogP) is 3.73. The molecule has 1 aliphatic heterocycles. The molecule has 17 heavy (non-hydrogen) atoms. The summed E-state index contributed by atoms with van der Waals surface area (Å²) in [4.78, 5) is 1.25. The van der Waals surface area contributed by atoms with Gasteiger partial charge in [-0.05, 0) is 28.1 Å². The van der Waals surface area contributed by atoms with Crippen LogP contribution in [0.2, 0.25) is 0 Å². The minimum absolute atomic E-state index is 0.106. The molecule has 1 unspecified atom stereocenters. The highest BCUT2D eigenvalue weighted by Crippen LogP contribution is 2.32. The molecule has 3 rings (SSSR count). The van der Waals surface area contributed by atoms with E-state index in [1.54, 1.807) is 11.3 Å². The Kier molecular flexibility index (Phi) is 3.18. The number of ether oxygens (including phenoxy) is 1. The van der Waals surface area contributed by atoms with E-state index < -0.39 is 0 Å². The van der Waals surface area contributed by atoms with E-state index in [9.17, 15) is 0 Å². The topological polar surface area (TPSA) is 21.3 Å². The van der Waals surface area contributed by atoms with Gasteiger partial charge in [0.15, 0.2) is 0 Å². The van der Waals surface area contributed by atoms with E-state index in [0.29, 0.717) is 0 Å². The van der Waals surface area contributed by atoms with Gasteiger partial charge in [0, 0.05) is 33.4 Å². The van der Waals surface area contributed by atoms with Crippen LogP contribution in [0.1, 0.15) is 16.5 Å². The van der Waals surface area contributed by atoms with Crippen molar-refractivity contribution in [3.8, 4) is 5.75 Å². The SMILES string of the molecule is Brc1csc(C2CNCc3ccccc3O2)c1. The van der Waals surface area contributed by atoms with Gasteiger partial charge in [0.2, 0.25) is 0 Å². The molecule has 0 aliphatic carbocycles. The van der Waals surface area contributed by atoms with Gasteiger partial charge in [-0.1, -0.05) is 18.2 Å². The summed E-state index contributed by atoms with van der Waals surface area (Å²) >= 11 is 5.21. The van der Waals surface area contributed by atoms with Crippen molar-refractivity contribution in [2.75, 3.05) is 6.54 Å². The number of nitrogens with one attached hydrogen (secondary N) is 1. The molecule has 0 spiro atoms. The van der Waals surface area contributed by atoms with Crippen molar-refractivity contribution < 1.29 is 4.74 Å². The maximum absolute atomic E-state index is 6.08. The van der Waals surface area contributed by atoms with Crippen molar-refractivity contribution in [1.82, 2.24) is 5.32 Å². The molecule has 2 aromatic rings. The molecule has 0 saturated carbocycles. The first-order chi connectivity index (χ1) is 8.33. The fourth-order valence-electron chi connectivity index (χ4n) is 1.95. The van der Waals surface area contributed by atoms with Crippen LogP contribution in [-0.4, -0.2) is 6.54 Å². The third-order valence-electron chi connectivity index (χ3n) is 2.79. The molecule has 0 saturated heterocycles. The Morgan fingerprint density at radius 2 is 2.24 bits per heavy atom. The highest BCUT2D eigenvalue weighted by atomic mass is 79.9. The normalized spacial score (nSPS) is 19.2. The lowest BCUT2D eigenvalue weighted by atomic mass is 10.2. The molecule has 0 fully saturated rings. The van der Waals surface area contributed by atoms with Gasteiger partial charge in [0.25, 0.3) is 0 Å². The van der Waals surface area contributed by atoms with Crippen molar-refractivity contribution in [3.05, 3.63) is 50.6 Å². The molecular weight excluding hydrogens is 298 g/mol. The molecule has 1 aromatic heterocycles. The summed E-state index contributed by atoms with van der Waals surface area (Å²) < 4.78 is 7.21. The maximum atomic E-state index is 6.08. The minimum atomic E-state index is 0.106. The zero-order chi connectivity index (χ0) is 11.7. The molecule has 1 aromatic carbocycles. The highest BCUT2D eigenvalue weighted by molar-refractivity contribution is 9.10. The number of fused-ring (bicyclic) bond motifs is 1. The van der Waals surface area contributed by atoms with Gasteiger partial charge in [0.05, 0.1) is 0 Å². The van der Waals surface area contributed by atoms with Crippen molar-refractivity contribution in [2.45, 2.75) is 12.6 Å². The molecule has 1 atom stereocenters. The first-order valence-corrected chi connectivity index (χ1v) is 7.19. The number of benzene rings is 1. The lowest BCUT2D eigenvalue weighted by molar-refractivity contribution is 0.214. The molecule has 0 bridgehead atoms. The summed E-state index contributed by atoms with van der Waals surface area (Å²) in [6, 6.07) is 10.3. The van der Waals surface area contributed by atoms with Gasteiger partial charge in [-0.25, -0.2) is 0 Å². The van der Waals surface area contributed by atoms with Crippen molar-refractivity contribution in [3.63, 3.8) is 0 Å². The Morgan fingerprint density at radius 3 is 3.06 bits per heavy atom. The van der Waals surface area contributed by atoms with E-state index in [0.717, 1.165) is 23.3 Å². The van der Waals surface area contributed by atoms with Crippen molar-refractivity contribution in [2.24, 2.45) is 0 Å². The van der Waals surface area contributed by atoms with Gasteiger partial charge in [0.1, 0.15) is 11.9 Å². The molecule has 0 amide bonds. The number of hydrogen-bond donors (Lipinski definition) is 1. The molecule has 4 heteroatoms. The summed E-state index contributed by atoms with van der Waals surface area (Å²) in [6.45, 7) is 1.72. The van der Waals surface area contributed by atoms with E-state index in [4.69, 9.17) is 4.74 Å². The van der Waals surface area contributed by atoms with Crippen molar-refractivity contribution >= 4 is 27.3 Å². The second-order valence-corrected chi connectivity index (χ2v) is 5.87. The quantitative estimate of drug-likeness (QED) is 0.866. The second kappa shape index (κ2) is 4.80. The molecule has 2 nitrogen and oxygen atoms in total. The minimum Gasteiger partial charge on any atom is -0.483 e. The zero-order valence-corrected chi connectivity index (χ0v) is 11.6. The summed E-state index contributed by atoms with van der Waals surface area (Å²) in [6.07, 6.45) is 0.106. The summed E-state index contributed by atoms with van der Waals surface area (Å²) in [7, 11) is 0. The van der Waals surface area contributed by atoms with Gasteiger partial charge in [-0.3, -0.25) is 0 Å². The van der Waals surface area contributed by atoms with Crippen LogP contribution in [-0.2, 0) is 6.54 Å². The lowest BCUT2D eigenvalue weighted by Crippen LogP contribution is -2.20. The van der Waals surface area contributed by atoms with Crippen LogP contribution in [0, 0.1) is 0 Å². The average molecular weight is 310 g/mol. The van der Waals surface area contributed by atoms with Crippen LogP contribution in [0.5, 0.6) is 5.75 Å². The van der Waals surface area contributed by atoms with E-state index in [1.165, 1.54) is 10.4 Å². The third-order valence-corrected chi connectivity index (χ3v) is 4.58. The predicted molar refractivity (Wildman–Crippen MR) is 73.5 cm³/mol. The summed E-state index contributed by atoms with van der Waals surface area (Å²) in [5.41, 5.74) is 1.23. The van der Waals surface area contributed by atoms with Crippen LogP contribution in [0.25, 0.3) is 0 Å². The largest absolute Gasteiger partial charge is 0.483 e. The van der Waals surface area contributed by atoms with E-state index in [2.05, 4.69) is 38.8 Å². The van der Waals surface area contributed by atoms with Crippen LogP contribution in [0.3, 0.4) is 0 Å². The van der Waals surface area contributed by atoms with Gasteiger partial charge in [-0.2, -0.15) is 0 Å². The molecule has 88 valence electrons. The summed E-state index contributed by atoms with van der Waals surface area (Å²) in [5, 5.41) is 5.52. The fourth-order valence-corrected chi connectivity index (χ4v) is 3.43. The lowest BCUT2D eigenvalue weighted by Gasteiger charge is -2.15. The Balaban J connectivity index is 1.90. The Hall–Kier alpha value is -0.840. The summed E-state index contributed by atoms with van der Waals surface area (Å²) in [5.74, 6) is 0.993.